The lowest BCUT2D eigenvalue weighted by molar-refractivity contribution is 0.0696. The predicted octanol–water partition coefficient (Wildman–Crippen LogP) is 3.27. The molecule has 5 nitrogen and oxygen atoms in total. The molecule has 0 saturated heterocycles. The van der Waals surface area contributed by atoms with Crippen LogP contribution in [0.2, 0.25) is 0 Å². The lowest BCUT2D eigenvalue weighted by atomic mass is 10.1. The number of ether oxygens (including phenoxy) is 1. The van der Waals surface area contributed by atoms with Gasteiger partial charge in [0.05, 0.1) is 16.6 Å². The van der Waals surface area contributed by atoms with Gasteiger partial charge in [-0.05, 0) is 18.2 Å². The number of thiazole rings is 1. The maximum atomic E-state index is 11.1. The SMILES string of the molecule is N#CC1COc2ccc(Br)cc2-c2nc(C(=O)O)sc21. The van der Waals surface area contributed by atoms with Crippen molar-refractivity contribution < 1.29 is 14.6 Å². The van der Waals surface area contributed by atoms with Gasteiger partial charge in [-0.25, -0.2) is 9.78 Å². The summed E-state index contributed by atoms with van der Waals surface area (Å²) in [5.74, 6) is -0.992. The van der Waals surface area contributed by atoms with Gasteiger partial charge in [-0.2, -0.15) is 5.26 Å². The van der Waals surface area contributed by atoms with Gasteiger partial charge in [0.1, 0.15) is 18.3 Å². The second-order valence-corrected chi connectivity index (χ2v) is 6.12. The van der Waals surface area contributed by atoms with Gasteiger partial charge >= 0.3 is 5.97 Å². The smallest absolute Gasteiger partial charge is 0.365 e. The minimum Gasteiger partial charge on any atom is -0.491 e. The van der Waals surface area contributed by atoms with E-state index in [1.54, 1.807) is 6.07 Å². The average molecular weight is 351 g/mol. The molecule has 0 saturated carbocycles. The van der Waals surface area contributed by atoms with E-state index in [0.29, 0.717) is 21.9 Å². The van der Waals surface area contributed by atoms with Crippen molar-refractivity contribution in [3.8, 4) is 23.1 Å². The van der Waals surface area contributed by atoms with Gasteiger partial charge in [0.15, 0.2) is 0 Å². The number of carboxylic acids is 1. The number of nitriles is 1. The van der Waals surface area contributed by atoms with E-state index in [-0.39, 0.29) is 11.6 Å². The third kappa shape index (κ3) is 2.07. The van der Waals surface area contributed by atoms with Crippen LogP contribution in [0.25, 0.3) is 11.3 Å². The lowest BCUT2D eigenvalue weighted by Gasteiger charge is -2.07. The van der Waals surface area contributed by atoms with Crippen molar-refractivity contribution in [2.45, 2.75) is 5.92 Å². The molecular weight excluding hydrogens is 344 g/mol. The van der Waals surface area contributed by atoms with Crippen LogP contribution in [0.1, 0.15) is 20.6 Å². The number of aromatic nitrogens is 1. The van der Waals surface area contributed by atoms with E-state index >= 15 is 0 Å². The first-order chi connectivity index (χ1) is 9.60. The fraction of sp³-hybridized carbons (Fsp3) is 0.154. The molecule has 1 aliphatic rings. The van der Waals surface area contributed by atoms with E-state index in [2.05, 4.69) is 27.0 Å². The van der Waals surface area contributed by atoms with Crippen LogP contribution in [0.4, 0.5) is 0 Å². The monoisotopic (exact) mass is 350 g/mol. The Morgan fingerprint density at radius 1 is 1.60 bits per heavy atom. The molecule has 1 atom stereocenters. The van der Waals surface area contributed by atoms with Crippen LogP contribution >= 0.6 is 27.3 Å². The molecular formula is C13H7BrN2O3S. The van der Waals surface area contributed by atoms with Gasteiger partial charge in [0, 0.05) is 10.0 Å². The van der Waals surface area contributed by atoms with Crippen molar-refractivity contribution in [3.63, 3.8) is 0 Å². The second-order valence-electron chi connectivity index (χ2n) is 4.17. The molecule has 1 aromatic heterocycles. The Balaban J connectivity index is 2.27. The number of carbonyl (C=O) groups is 1. The Labute approximate surface area is 126 Å². The van der Waals surface area contributed by atoms with Crippen LogP contribution in [0.3, 0.4) is 0 Å². The Kier molecular flexibility index (Phi) is 3.20. The van der Waals surface area contributed by atoms with E-state index in [4.69, 9.17) is 9.84 Å². The highest BCUT2D eigenvalue weighted by molar-refractivity contribution is 9.10. The van der Waals surface area contributed by atoms with E-state index in [1.807, 2.05) is 12.1 Å². The zero-order valence-electron chi connectivity index (χ0n) is 9.96. The first kappa shape index (κ1) is 13.1. The molecule has 3 rings (SSSR count). The van der Waals surface area contributed by atoms with Gasteiger partial charge < -0.3 is 9.84 Å². The average Bonchev–Trinajstić information content (AvgIpc) is 2.80. The maximum absolute atomic E-state index is 11.1. The number of aromatic carboxylic acids is 1. The molecule has 1 aromatic carbocycles. The van der Waals surface area contributed by atoms with E-state index in [0.717, 1.165) is 15.8 Å². The Bertz CT molecular complexity index is 751. The third-order valence-electron chi connectivity index (χ3n) is 2.91. The standard InChI is InChI=1S/C13H7BrN2O3S/c14-7-1-2-9-8(3-7)10-11(6(4-15)5-19-9)20-12(16-10)13(17)18/h1-3,6H,5H2,(H,17,18). The molecule has 2 aromatic rings. The molecule has 0 radical (unpaired) electrons. The Hall–Kier alpha value is -1.91. The van der Waals surface area contributed by atoms with Crippen molar-refractivity contribution in [1.29, 1.82) is 5.26 Å². The molecule has 7 heteroatoms. The van der Waals surface area contributed by atoms with E-state index < -0.39 is 11.9 Å². The molecule has 0 amide bonds. The normalized spacial score (nSPS) is 16.3. The van der Waals surface area contributed by atoms with Crippen LogP contribution in [-0.2, 0) is 0 Å². The van der Waals surface area contributed by atoms with Crippen molar-refractivity contribution in [3.05, 3.63) is 32.6 Å². The van der Waals surface area contributed by atoms with Gasteiger partial charge in [-0.3, -0.25) is 0 Å². The topological polar surface area (TPSA) is 83.2 Å². The molecule has 1 aliphatic heterocycles. The van der Waals surface area contributed by atoms with Crippen molar-refractivity contribution in [1.82, 2.24) is 4.98 Å². The number of nitrogens with zero attached hydrogens (tertiary/aromatic N) is 2. The molecule has 0 aliphatic carbocycles. The molecule has 100 valence electrons. The highest BCUT2D eigenvalue weighted by Gasteiger charge is 2.29. The van der Waals surface area contributed by atoms with Crippen molar-refractivity contribution in [2.24, 2.45) is 0 Å². The number of hydrogen-bond donors (Lipinski definition) is 1. The highest BCUT2D eigenvalue weighted by atomic mass is 79.9. The van der Waals surface area contributed by atoms with E-state index in [9.17, 15) is 10.1 Å². The first-order valence-corrected chi connectivity index (χ1v) is 7.27. The number of benzene rings is 1. The Morgan fingerprint density at radius 3 is 3.10 bits per heavy atom. The quantitative estimate of drug-likeness (QED) is 0.853. The summed E-state index contributed by atoms with van der Waals surface area (Å²) in [6, 6.07) is 7.57. The maximum Gasteiger partial charge on any atom is 0.365 e. The molecule has 1 N–H and O–H groups in total. The predicted molar refractivity (Wildman–Crippen MR) is 76.1 cm³/mol. The van der Waals surface area contributed by atoms with Gasteiger partial charge in [0.2, 0.25) is 5.01 Å². The van der Waals surface area contributed by atoms with Crippen LogP contribution in [0, 0.1) is 11.3 Å². The number of halogens is 1. The second kappa shape index (κ2) is 4.89. The van der Waals surface area contributed by atoms with Gasteiger partial charge in [-0.1, -0.05) is 15.9 Å². The van der Waals surface area contributed by atoms with Gasteiger partial charge in [0.25, 0.3) is 0 Å². The highest BCUT2D eigenvalue weighted by Crippen LogP contribution is 2.42. The molecule has 0 spiro atoms. The van der Waals surface area contributed by atoms with E-state index in [1.165, 1.54) is 0 Å². The Morgan fingerprint density at radius 2 is 2.40 bits per heavy atom. The number of rotatable bonds is 1. The number of carboxylic acid groups (broad SMARTS) is 1. The molecule has 1 unspecified atom stereocenters. The van der Waals surface area contributed by atoms with Crippen molar-refractivity contribution >= 4 is 33.2 Å². The molecule has 20 heavy (non-hydrogen) atoms. The fourth-order valence-corrected chi connectivity index (χ4v) is 3.32. The number of hydrogen-bond acceptors (Lipinski definition) is 5. The summed E-state index contributed by atoms with van der Waals surface area (Å²) in [4.78, 5) is 15.9. The minimum atomic E-state index is -1.09. The summed E-state index contributed by atoms with van der Waals surface area (Å²) in [6.45, 7) is 0.194. The summed E-state index contributed by atoms with van der Waals surface area (Å²) >= 11 is 4.40. The first-order valence-electron chi connectivity index (χ1n) is 5.66. The van der Waals surface area contributed by atoms with Crippen LogP contribution in [0.15, 0.2) is 22.7 Å². The van der Waals surface area contributed by atoms with Crippen LogP contribution in [0.5, 0.6) is 5.75 Å². The summed E-state index contributed by atoms with van der Waals surface area (Å²) < 4.78 is 6.46. The fourth-order valence-electron chi connectivity index (χ4n) is 2.01. The number of fused-ring (bicyclic) bond motifs is 3. The lowest BCUT2D eigenvalue weighted by Crippen LogP contribution is -2.05. The zero-order chi connectivity index (χ0) is 14.3. The minimum absolute atomic E-state index is 0.0110. The summed E-state index contributed by atoms with van der Waals surface area (Å²) in [6.07, 6.45) is 0. The summed E-state index contributed by atoms with van der Waals surface area (Å²) in [7, 11) is 0. The van der Waals surface area contributed by atoms with Crippen LogP contribution < -0.4 is 4.74 Å². The largest absolute Gasteiger partial charge is 0.491 e. The summed E-state index contributed by atoms with van der Waals surface area (Å²) in [5, 5.41) is 18.3. The molecule has 2 heterocycles. The molecule has 0 bridgehead atoms. The van der Waals surface area contributed by atoms with Gasteiger partial charge in [-0.15, -0.1) is 11.3 Å². The van der Waals surface area contributed by atoms with Crippen molar-refractivity contribution in [2.75, 3.05) is 6.61 Å². The molecule has 0 fully saturated rings. The summed E-state index contributed by atoms with van der Waals surface area (Å²) in [5.41, 5.74) is 1.23. The zero-order valence-corrected chi connectivity index (χ0v) is 12.4. The van der Waals surface area contributed by atoms with Crippen LogP contribution in [-0.4, -0.2) is 22.7 Å². The third-order valence-corrected chi connectivity index (χ3v) is 4.56.